The van der Waals surface area contributed by atoms with Crippen LogP contribution < -0.4 is 0 Å². The Bertz CT molecular complexity index is 598. The third-order valence-electron chi connectivity index (χ3n) is 4.88. The predicted octanol–water partition coefficient (Wildman–Crippen LogP) is 1.07. The van der Waals surface area contributed by atoms with E-state index < -0.39 is 0 Å². The number of amides is 2. The minimum absolute atomic E-state index is 0.0323. The number of carbonyl (C=O) groups excluding carboxylic acids is 2. The maximum atomic E-state index is 12.6. The van der Waals surface area contributed by atoms with Gasteiger partial charge in [-0.15, -0.1) is 5.10 Å². The van der Waals surface area contributed by atoms with E-state index in [9.17, 15) is 9.59 Å². The topological polar surface area (TPSA) is 66.4 Å². The van der Waals surface area contributed by atoms with Gasteiger partial charge >= 0.3 is 0 Å². The van der Waals surface area contributed by atoms with Gasteiger partial charge in [-0.1, -0.05) is 4.49 Å². The third-order valence-corrected chi connectivity index (χ3v) is 5.51. The van der Waals surface area contributed by atoms with E-state index in [4.69, 9.17) is 0 Å². The van der Waals surface area contributed by atoms with Gasteiger partial charge in [0.1, 0.15) is 0 Å². The minimum Gasteiger partial charge on any atom is -0.337 e. The van der Waals surface area contributed by atoms with Crippen LogP contribution >= 0.6 is 11.5 Å². The van der Waals surface area contributed by atoms with Gasteiger partial charge in [-0.05, 0) is 43.6 Å². The highest BCUT2D eigenvalue weighted by Gasteiger charge is 2.49. The average molecular weight is 306 g/mol. The van der Waals surface area contributed by atoms with Crippen molar-refractivity contribution in [2.24, 2.45) is 5.92 Å². The zero-order valence-corrected chi connectivity index (χ0v) is 12.8. The van der Waals surface area contributed by atoms with Crippen LogP contribution in [0.15, 0.2) is 0 Å². The Kier molecular flexibility index (Phi) is 2.99. The number of hydrogen-bond donors (Lipinski definition) is 0. The first-order valence-electron chi connectivity index (χ1n) is 7.54. The maximum Gasteiger partial charge on any atom is 0.275 e. The minimum atomic E-state index is -0.0604. The Hall–Kier alpha value is -1.50. The summed E-state index contributed by atoms with van der Waals surface area (Å²) in [6.07, 6.45) is 3.85. The molecule has 4 rings (SSSR count). The first-order chi connectivity index (χ1) is 10.1. The van der Waals surface area contributed by atoms with Crippen LogP contribution in [-0.2, 0) is 4.79 Å². The van der Waals surface area contributed by atoms with Crippen LogP contribution in [0.25, 0.3) is 0 Å². The molecule has 6 nitrogen and oxygen atoms in total. The predicted molar refractivity (Wildman–Crippen MR) is 76.9 cm³/mol. The van der Waals surface area contributed by atoms with E-state index in [0.717, 1.165) is 24.4 Å². The molecule has 112 valence electrons. The average Bonchev–Trinajstić information content (AvgIpc) is 2.90. The monoisotopic (exact) mass is 306 g/mol. The molecule has 1 aliphatic carbocycles. The molecule has 0 radical (unpaired) electrons. The second-order valence-electron chi connectivity index (χ2n) is 6.29. The fourth-order valence-corrected chi connectivity index (χ4v) is 4.02. The summed E-state index contributed by atoms with van der Waals surface area (Å²) in [4.78, 5) is 29.6. The number of fused-ring (bicyclic) bond motifs is 1. The molecule has 2 aliphatic heterocycles. The molecule has 1 aromatic rings. The number of carbonyl (C=O) groups is 2. The number of aromatic nitrogens is 2. The van der Waals surface area contributed by atoms with Crippen molar-refractivity contribution in [1.82, 2.24) is 19.4 Å². The van der Waals surface area contributed by atoms with Crippen LogP contribution in [0.3, 0.4) is 0 Å². The fourth-order valence-electron chi connectivity index (χ4n) is 3.56. The summed E-state index contributed by atoms with van der Waals surface area (Å²) in [5.41, 5.74) is 0.453. The summed E-state index contributed by atoms with van der Waals surface area (Å²) in [6, 6.07) is 0.249. The standard InChI is InChI=1S/C14H18N4O2S/c1-8-13(15-16-21-8)14(20)17-5-4-10-11(17)6-12(19)18(10)7-9-2-3-9/h9-11H,2-7H2,1H3/t10-,11-/m1/s1. The fraction of sp³-hybridized carbons (Fsp3) is 0.714. The molecule has 2 amide bonds. The molecule has 0 N–H and O–H groups in total. The number of aryl methyl sites for hydroxylation is 1. The molecule has 1 aromatic heterocycles. The van der Waals surface area contributed by atoms with Crippen LogP contribution in [0.1, 0.15) is 41.0 Å². The van der Waals surface area contributed by atoms with E-state index in [-0.39, 0.29) is 23.9 Å². The first-order valence-corrected chi connectivity index (χ1v) is 8.32. The lowest BCUT2D eigenvalue weighted by atomic mass is 10.1. The van der Waals surface area contributed by atoms with E-state index in [1.807, 2.05) is 16.7 Å². The smallest absolute Gasteiger partial charge is 0.275 e. The van der Waals surface area contributed by atoms with Crippen molar-refractivity contribution < 1.29 is 9.59 Å². The lowest BCUT2D eigenvalue weighted by Crippen LogP contribution is -2.40. The zero-order valence-electron chi connectivity index (χ0n) is 12.0. The van der Waals surface area contributed by atoms with Crippen LogP contribution in [0.2, 0.25) is 0 Å². The van der Waals surface area contributed by atoms with Crippen molar-refractivity contribution in [3.63, 3.8) is 0 Å². The van der Waals surface area contributed by atoms with Crippen LogP contribution in [-0.4, -0.2) is 56.4 Å². The SMILES string of the molecule is Cc1snnc1C(=O)N1CC[C@@H]2[C@H]1CC(=O)N2CC1CC1. The third kappa shape index (κ3) is 2.14. The molecule has 7 heteroatoms. The van der Waals surface area contributed by atoms with Gasteiger partial charge in [-0.25, -0.2) is 0 Å². The molecular formula is C14H18N4O2S. The largest absolute Gasteiger partial charge is 0.337 e. The van der Waals surface area contributed by atoms with Gasteiger partial charge in [-0.2, -0.15) is 0 Å². The highest BCUT2D eigenvalue weighted by Crippen LogP contribution is 2.38. The molecule has 0 aromatic carbocycles. The van der Waals surface area contributed by atoms with Crippen molar-refractivity contribution >= 4 is 23.3 Å². The molecule has 0 unspecified atom stereocenters. The van der Waals surface area contributed by atoms with Crippen molar-refractivity contribution in [3.8, 4) is 0 Å². The van der Waals surface area contributed by atoms with E-state index >= 15 is 0 Å². The normalized spacial score (nSPS) is 28.3. The molecular weight excluding hydrogens is 288 g/mol. The zero-order chi connectivity index (χ0) is 14.6. The van der Waals surface area contributed by atoms with Crippen molar-refractivity contribution in [3.05, 3.63) is 10.6 Å². The summed E-state index contributed by atoms with van der Waals surface area (Å²) in [6.45, 7) is 3.48. The van der Waals surface area contributed by atoms with E-state index in [1.165, 1.54) is 24.4 Å². The van der Waals surface area contributed by atoms with Gasteiger partial charge in [0.15, 0.2) is 5.69 Å². The molecule has 2 saturated heterocycles. The van der Waals surface area contributed by atoms with Crippen molar-refractivity contribution in [2.45, 2.75) is 44.7 Å². The summed E-state index contributed by atoms with van der Waals surface area (Å²) in [5, 5.41) is 3.95. The van der Waals surface area contributed by atoms with E-state index in [1.54, 1.807) is 0 Å². The lowest BCUT2D eigenvalue weighted by Gasteiger charge is -2.25. The Morgan fingerprint density at radius 3 is 2.81 bits per heavy atom. The Morgan fingerprint density at radius 2 is 2.14 bits per heavy atom. The quantitative estimate of drug-likeness (QED) is 0.838. The van der Waals surface area contributed by atoms with Crippen LogP contribution in [0.5, 0.6) is 0 Å². The summed E-state index contributed by atoms with van der Waals surface area (Å²) < 4.78 is 3.84. The summed E-state index contributed by atoms with van der Waals surface area (Å²) in [7, 11) is 0. The lowest BCUT2D eigenvalue weighted by molar-refractivity contribution is -0.129. The summed E-state index contributed by atoms with van der Waals surface area (Å²) in [5.74, 6) is 0.847. The molecule has 21 heavy (non-hydrogen) atoms. The van der Waals surface area contributed by atoms with Gasteiger partial charge < -0.3 is 9.80 Å². The van der Waals surface area contributed by atoms with Gasteiger partial charge in [0.25, 0.3) is 5.91 Å². The highest BCUT2D eigenvalue weighted by molar-refractivity contribution is 7.05. The maximum absolute atomic E-state index is 12.6. The molecule has 3 heterocycles. The molecule has 3 fully saturated rings. The molecule has 0 bridgehead atoms. The van der Waals surface area contributed by atoms with E-state index in [0.29, 0.717) is 18.0 Å². The van der Waals surface area contributed by atoms with Crippen LogP contribution in [0, 0.1) is 12.8 Å². The molecule has 0 spiro atoms. The van der Waals surface area contributed by atoms with E-state index in [2.05, 4.69) is 9.59 Å². The van der Waals surface area contributed by atoms with Crippen LogP contribution in [0.4, 0.5) is 0 Å². The number of likely N-dealkylation sites (tertiary alicyclic amines) is 2. The highest BCUT2D eigenvalue weighted by atomic mass is 32.1. The Morgan fingerprint density at radius 1 is 1.33 bits per heavy atom. The van der Waals surface area contributed by atoms with Gasteiger partial charge in [0.2, 0.25) is 5.91 Å². The second kappa shape index (κ2) is 4.76. The first kappa shape index (κ1) is 13.2. The van der Waals surface area contributed by atoms with Gasteiger partial charge in [0.05, 0.1) is 17.0 Å². The van der Waals surface area contributed by atoms with Gasteiger partial charge in [-0.3, -0.25) is 9.59 Å². The van der Waals surface area contributed by atoms with Crippen molar-refractivity contribution in [1.29, 1.82) is 0 Å². The number of hydrogen-bond acceptors (Lipinski definition) is 5. The Labute approximate surface area is 127 Å². The van der Waals surface area contributed by atoms with Gasteiger partial charge in [0, 0.05) is 19.5 Å². The van der Waals surface area contributed by atoms with Crippen molar-refractivity contribution in [2.75, 3.05) is 13.1 Å². The molecule has 2 atom stereocenters. The number of nitrogens with zero attached hydrogens (tertiary/aromatic N) is 4. The molecule has 1 saturated carbocycles. The Balaban J connectivity index is 1.53. The second-order valence-corrected chi connectivity index (χ2v) is 7.25. The summed E-state index contributed by atoms with van der Waals surface area (Å²) >= 11 is 1.25. The number of rotatable bonds is 3. The molecule has 3 aliphatic rings.